The molecule has 0 aliphatic rings. The number of aldehydes is 1. The first-order valence-corrected chi connectivity index (χ1v) is 11.1. The lowest BCUT2D eigenvalue weighted by Gasteiger charge is -2.14. The summed E-state index contributed by atoms with van der Waals surface area (Å²) >= 11 is 0. The van der Waals surface area contributed by atoms with Crippen LogP contribution in [0.4, 0.5) is 0 Å². The highest BCUT2D eigenvalue weighted by atomic mass is 16.5. The maximum absolute atomic E-state index is 10.5. The van der Waals surface area contributed by atoms with Gasteiger partial charge in [-0.3, -0.25) is 4.79 Å². The highest BCUT2D eigenvalue weighted by Crippen LogP contribution is 2.22. The van der Waals surface area contributed by atoms with Gasteiger partial charge in [0.25, 0.3) is 0 Å². The summed E-state index contributed by atoms with van der Waals surface area (Å²) in [6, 6.07) is 36.4. The van der Waals surface area contributed by atoms with Gasteiger partial charge in [0.15, 0.2) is 0 Å². The summed E-state index contributed by atoms with van der Waals surface area (Å²) in [7, 11) is 0. The van der Waals surface area contributed by atoms with E-state index in [0.29, 0.717) is 11.1 Å². The van der Waals surface area contributed by atoms with Crippen molar-refractivity contribution in [1.29, 1.82) is 5.26 Å². The van der Waals surface area contributed by atoms with Crippen LogP contribution >= 0.6 is 0 Å². The standard InChI is InChI=1S/C15H13NO.C15H14O2/c2*1-12(14-5-3-2-4-6-14)17-15-9-7-13(11-16)8-10-15/h2-10,12H,1H3;2-12H,1H3. The molecule has 0 heterocycles. The van der Waals surface area contributed by atoms with Crippen molar-refractivity contribution in [3.8, 4) is 17.6 Å². The minimum absolute atomic E-state index is 0.00159. The van der Waals surface area contributed by atoms with Crippen LogP contribution in [0.1, 0.15) is 53.1 Å². The number of rotatable bonds is 7. The van der Waals surface area contributed by atoms with E-state index in [1.165, 1.54) is 0 Å². The lowest BCUT2D eigenvalue weighted by Crippen LogP contribution is -2.02. The average Bonchev–Trinajstić information content (AvgIpc) is 2.91. The van der Waals surface area contributed by atoms with Crippen molar-refractivity contribution in [2.24, 2.45) is 0 Å². The molecule has 0 fully saturated rings. The molecule has 0 aliphatic carbocycles. The number of ether oxygens (including phenoxy) is 2. The third kappa shape index (κ3) is 7.36. The summed E-state index contributed by atoms with van der Waals surface area (Å²) in [6.07, 6.45) is 0.826. The second-order valence-electron chi connectivity index (χ2n) is 7.66. The van der Waals surface area contributed by atoms with Crippen molar-refractivity contribution in [2.75, 3.05) is 0 Å². The molecule has 0 saturated carbocycles. The van der Waals surface area contributed by atoms with Gasteiger partial charge in [-0.1, -0.05) is 60.7 Å². The second kappa shape index (κ2) is 12.6. The third-order valence-electron chi connectivity index (χ3n) is 5.16. The van der Waals surface area contributed by atoms with Gasteiger partial charge in [0.1, 0.15) is 30.0 Å². The molecule has 0 amide bonds. The lowest BCUT2D eigenvalue weighted by atomic mass is 10.1. The molecule has 34 heavy (non-hydrogen) atoms. The van der Waals surface area contributed by atoms with Gasteiger partial charge >= 0.3 is 0 Å². The SMILES string of the molecule is CC(Oc1ccc(C#N)cc1)c1ccccc1.CC(Oc1ccc(C=O)cc1)c1ccccc1. The van der Waals surface area contributed by atoms with Crippen LogP contribution < -0.4 is 9.47 Å². The van der Waals surface area contributed by atoms with E-state index in [0.717, 1.165) is 28.9 Å². The van der Waals surface area contributed by atoms with Gasteiger partial charge in [0.2, 0.25) is 0 Å². The van der Waals surface area contributed by atoms with Crippen molar-refractivity contribution in [2.45, 2.75) is 26.1 Å². The quantitative estimate of drug-likeness (QED) is 0.277. The van der Waals surface area contributed by atoms with Crippen LogP contribution in [-0.4, -0.2) is 6.29 Å². The zero-order valence-corrected chi connectivity index (χ0v) is 19.3. The number of carbonyl (C=O) groups excluding carboxylic acids is 1. The predicted molar refractivity (Wildman–Crippen MR) is 134 cm³/mol. The van der Waals surface area contributed by atoms with Gasteiger partial charge in [-0.25, -0.2) is 0 Å². The van der Waals surface area contributed by atoms with Crippen molar-refractivity contribution in [3.63, 3.8) is 0 Å². The summed E-state index contributed by atoms with van der Waals surface area (Å²) in [5.74, 6) is 1.55. The molecule has 4 rings (SSSR count). The van der Waals surface area contributed by atoms with Gasteiger partial charge in [-0.15, -0.1) is 0 Å². The van der Waals surface area contributed by atoms with Gasteiger partial charge in [0, 0.05) is 5.56 Å². The molecule has 2 unspecified atom stereocenters. The van der Waals surface area contributed by atoms with E-state index in [9.17, 15) is 4.79 Å². The van der Waals surface area contributed by atoms with Crippen LogP contribution in [0.2, 0.25) is 0 Å². The first-order valence-electron chi connectivity index (χ1n) is 11.1. The molecule has 0 N–H and O–H groups in total. The number of benzene rings is 4. The molecule has 0 spiro atoms. The normalized spacial score (nSPS) is 11.7. The Morgan fingerprint density at radius 2 is 1.06 bits per heavy atom. The van der Waals surface area contributed by atoms with Gasteiger partial charge in [-0.05, 0) is 73.5 Å². The zero-order valence-electron chi connectivity index (χ0n) is 19.3. The monoisotopic (exact) mass is 449 g/mol. The largest absolute Gasteiger partial charge is 0.486 e. The van der Waals surface area contributed by atoms with Crippen molar-refractivity contribution in [1.82, 2.24) is 0 Å². The van der Waals surface area contributed by atoms with Gasteiger partial charge < -0.3 is 9.47 Å². The molecule has 4 aromatic carbocycles. The fraction of sp³-hybridized carbons (Fsp3) is 0.133. The second-order valence-corrected chi connectivity index (χ2v) is 7.66. The van der Waals surface area contributed by atoms with Crippen molar-refractivity contribution < 1.29 is 14.3 Å². The number of nitrogens with zero attached hydrogens (tertiary/aromatic N) is 1. The fourth-order valence-corrected chi connectivity index (χ4v) is 3.23. The number of hydrogen-bond donors (Lipinski definition) is 0. The Morgan fingerprint density at radius 1 is 0.647 bits per heavy atom. The molecular weight excluding hydrogens is 422 g/mol. The Hall–Kier alpha value is -4.36. The topological polar surface area (TPSA) is 59.3 Å². The minimum Gasteiger partial charge on any atom is -0.486 e. The summed E-state index contributed by atoms with van der Waals surface area (Å²) in [6.45, 7) is 4.01. The van der Waals surface area contributed by atoms with Gasteiger partial charge in [0.05, 0.1) is 11.6 Å². The Kier molecular flexibility index (Phi) is 9.01. The van der Waals surface area contributed by atoms with Crippen LogP contribution in [0, 0.1) is 11.3 Å². The van der Waals surface area contributed by atoms with Crippen LogP contribution in [-0.2, 0) is 0 Å². The predicted octanol–water partition coefficient (Wildman–Crippen LogP) is 7.34. The summed E-state index contributed by atoms with van der Waals surface area (Å²) in [4.78, 5) is 10.5. The Labute approximate surface area is 201 Å². The van der Waals surface area contributed by atoms with E-state index < -0.39 is 0 Å². The first-order chi connectivity index (χ1) is 16.6. The van der Waals surface area contributed by atoms with Crippen LogP contribution in [0.3, 0.4) is 0 Å². The number of carbonyl (C=O) groups is 1. The smallest absolute Gasteiger partial charge is 0.150 e. The molecule has 170 valence electrons. The maximum Gasteiger partial charge on any atom is 0.150 e. The van der Waals surface area contributed by atoms with Gasteiger partial charge in [-0.2, -0.15) is 5.26 Å². The van der Waals surface area contributed by atoms with Crippen LogP contribution in [0.15, 0.2) is 109 Å². The van der Waals surface area contributed by atoms with Crippen molar-refractivity contribution >= 4 is 6.29 Å². The van der Waals surface area contributed by atoms with Crippen molar-refractivity contribution in [3.05, 3.63) is 131 Å². The molecule has 4 aromatic rings. The molecule has 2 atom stereocenters. The Bertz CT molecular complexity index is 1180. The molecule has 0 aliphatic heterocycles. The van der Waals surface area contributed by atoms with E-state index in [4.69, 9.17) is 14.7 Å². The van der Waals surface area contributed by atoms with E-state index in [-0.39, 0.29) is 12.2 Å². The molecule has 0 bridgehead atoms. The Balaban J connectivity index is 0.000000191. The van der Waals surface area contributed by atoms with E-state index >= 15 is 0 Å². The molecular formula is C30H27NO3. The van der Waals surface area contributed by atoms with E-state index in [1.54, 1.807) is 24.3 Å². The van der Waals surface area contributed by atoms with Crippen LogP contribution in [0.25, 0.3) is 0 Å². The highest BCUT2D eigenvalue weighted by molar-refractivity contribution is 5.74. The summed E-state index contributed by atoms with van der Waals surface area (Å²) in [5.41, 5.74) is 3.57. The highest BCUT2D eigenvalue weighted by Gasteiger charge is 2.07. The number of hydrogen-bond acceptors (Lipinski definition) is 4. The molecule has 4 nitrogen and oxygen atoms in total. The van der Waals surface area contributed by atoms with E-state index in [1.807, 2.05) is 98.8 Å². The van der Waals surface area contributed by atoms with E-state index in [2.05, 4.69) is 6.07 Å². The maximum atomic E-state index is 10.5. The summed E-state index contributed by atoms with van der Waals surface area (Å²) in [5, 5.41) is 8.70. The lowest BCUT2D eigenvalue weighted by molar-refractivity contribution is 0.112. The number of nitriles is 1. The average molecular weight is 450 g/mol. The third-order valence-corrected chi connectivity index (χ3v) is 5.16. The molecule has 0 saturated heterocycles. The zero-order chi connectivity index (χ0) is 24.2. The Morgan fingerprint density at radius 3 is 1.44 bits per heavy atom. The molecule has 0 radical (unpaired) electrons. The molecule has 4 heteroatoms. The minimum atomic E-state index is -0.00159. The first kappa shape index (κ1) is 24.3. The fourth-order valence-electron chi connectivity index (χ4n) is 3.23. The van der Waals surface area contributed by atoms with Crippen LogP contribution in [0.5, 0.6) is 11.5 Å². The summed E-state index contributed by atoms with van der Waals surface area (Å²) < 4.78 is 11.6. The molecule has 0 aromatic heterocycles.